The summed E-state index contributed by atoms with van der Waals surface area (Å²) < 4.78 is 0. The molecular formula is C17H27NO2. The van der Waals surface area contributed by atoms with Gasteiger partial charge >= 0.3 is 0 Å². The normalized spacial score (nSPS) is 23.1. The molecule has 0 aliphatic heterocycles. The van der Waals surface area contributed by atoms with Crippen molar-refractivity contribution in [3.63, 3.8) is 0 Å². The summed E-state index contributed by atoms with van der Waals surface area (Å²) in [5.74, 6) is 1.33. The van der Waals surface area contributed by atoms with E-state index in [0.29, 0.717) is 24.1 Å². The zero-order chi connectivity index (χ0) is 14.9. The second kappa shape index (κ2) is 6.15. The number of nitrogens with one attached hydrogen (secondary N) is 1. The van der Waals surface area contributed by atoms with Gasteiger partial charge in [-0.2, -0.15) is 0 Å². The van der Waals surface area contributed by atoms with Crippen molar-refractivity contribution in [3.05, 3.63) is 28.8 Å². The van der Waals surface area contributed by atoms with Gasteiger partial charge in [-0.05, 0) is 48.8 Å². The molecule has 0 aromatic heterocycles. The van der Waals surface area contributed by atoms with Crippen molar-refractivity contribution in [3.8, 4) is 5.75 Å². The number of aliphatic hydroxyl groups excluding tert-OH is 1. The molecule has 0 fully saturated rings. The molecule has 0 spiro atoms. The number of aliphatic hydroxyl groups is 1. The summed E-state index contributed by atoms with van der Waals surface area (Å²) in [6.45, 7) is 9.13. The van der Waals surface area contributed by atoms with Gasteiger partial charge < -0.3 is 15.5 Å². The molecule has 2 rings (SSSR count). The highest BCUT2D eigenvalue weighted by molar-refractivity contribution is 5.50. The first kappa shape index (κ1) is 15.3. The first-order chi connectivity index (χ1) is 9.40. The SMILES string of the molecule is Cc1ccc(O)c2c1C(C)CC2NCC(O)CC(C)C. The summed E-state index contributed by atoms with van der Waals surface area (Å²) in [7, 11) is 0. The number of phenolic OH excluding ortho intramolecular Hbond substituents is 1. The number of aryl methyl sites for hydroxylation is 1. The molecule has 0 saturated carbocycles. The fourth-order valence-corrected chi connectivity index (χ4v) is 3.43. The Bertz CT molecular complexity index is 470. The van der Waals surface area contributed by atoms with E-state index in [9.17, 15) is 10.2 Å². The van der Waals surface area contributed by atoms with E-state index in [1.165, 1.54) is 11.1 Å². The Labute approximate surface area is 122 Å². The Balaban J connectivity index is 2.08. The van der Waals surface area contributed by atoms with Crippen molar-refractivity contribution in [1.29, 1.82) is 0 Å². The lowest BCUT2D eigenvalue weighted by Crippen LogP contribution is -2.30. The van der Waals surface area contributed by atoms with Crippen LogP contribution in [0.4, 0.5) is 0 Å². The summed E-state index contributed by atoms with van der Waals surface area (Å²) in [5, 5.41) is 23.6. The van der Waals surface area contributed by atoms with E-state index in [-0.39, 0.29) is 12.1 Å². The van der Waals surface area contributed by atoms with E-state index in [4.69, 9.17) is 0 Å². The average Bonchev–Trinajstić information content (AvgIpc) is 2.69. The number of fused-ring (bicyclic) bond motifs is 1. The minimum atomic E-state index is -0.318. The summed E-state index contributed by atoms with van der Waals surface area (Å²) in [5.41, 5.74) is 3.56. The van der Waals surface area contributed by atoms with Crippen LogP contribution in [0.2, 0.25) is 0 Å². The maximum Gasteiger partial charge on any atom is 0.120 e. The molecule has 3 heteroatoms. The van der Waals surface area contributed by atoms with Crippen LogP contribution in [0.1, 0.15) is 62.3 Å². The number of benzene rings is 1. The molecule has 112 valence electrons. The molecule has 1 aromatic rings. The second-order valence-corrected chi connectivity index (χ2v) is 6.61. The lowest BCUT2D eigenvalue weighted by Gasteiger charge is -2.19. The number of aromatic hydroxyl groups is 1. The largest absolute Gasteiger partial charge is 0.508 e. The molecule has 0 bridgehead atoms. The van der Waals surface area contributed by atoms with E-state index in [1.807, 2.05) is 6.07 Å². The Kier molecular flexibility index (Phi) is 4.71. The van der Waals surface area contributed by atoms with Crippen LogP contribution in [0, 0.1) is 12.8 Å². The van der Waals surface area contributed by atoms with Gasteiger partial charge in [0, 0.05) is 18.2 Å². The standard InChI is InChI=1S/C17H27NO2/c1-10(2)7-13(19)9-18-14-8-12(4)16-11(3)5-6-15(20)17(14)16/h5-6,10,12-14,18-20H,7-9H2,1-4H3. The molecule has 20 heavy (non-hydrogen) atoms. The van der Waals surface area contributed by atoms with Crippen LogP contribution in [-0.2, 0) is 0 Å². The number of phenols is 1. The third kappa shape index (κ3) is 3.15. The van der Waals surface area contributed by atoms with Crippen molar-refractivity contribution in [2.24, 2.45) is 5.92 Å². The van der Waals surface area contributed by atoms with Crippen LogP contribution in [0.15, 0.2) is 12.1 Å². The second-order valence-electron chi connectivity index (χ2n) is 6.61. The van der Waals surface area contributed by atoms with E-state index >= 15 is 0 Å². The number of hydrogen-bond donors (Lipinski definition) is 3. The lowest BCUT2D eigenvalue weighted by atomic mass is 9.97. The molecule has 0 saturated heterocycles. The van der Waals surface area contributed by atoms with E-state index < -0.39 is 0 Å². The van der Waals surface area contributed by atoms with Gasteiger partial charge in [-0.15, -0.1) is 0 Å². The lowest BCUT2D eigenvalue weighted by molar-refractivity contribution is 0.142. The zero-order valence-corrected chi connectivity index (χ0v) is 13.0. The monoisotopic (exact) mass is 277 g/mol. The molecule has 0 amide bonds. The fraction of sp³-hybridized carbons (Fsp3) is 0.647. The average molecular weight is 277 g/mol. The summed E-state index contributed by atoms with van der Waals surface area (Å²) in [4.78, 5) is 0. The topological polar surface area (TPSA) is 52.5 Å². The first-order valence-corrected chi connectivity index (χ1v) is 7.64. The highest BCUT2D eigenvalue weighted by atomic mass is 16.3. The molecule has 3 N–H and O–H groups in total. The predicted octanol–water partition coefficient (Wildman–Crippen LogP) is 3.25. The quantitative estimate of drug-likeness (QED) is 0.774. The van der Waals surface area contributed by atoms with Gasteiger partial charge in [0.05, 0.1) is 6.10 Å². The summed E-state index contributed by atoms with van der Waals surface area (Å²) >= 11 is 0. The Hall–Kier alpha value is -1.06. The van der Waals surface area contributed by atoms with Crippen LogP contribution < -0.4 is 5.32 Å². The van der Waals surface area contributed by atoms with Crippen molar-refractivity contribution in [1.82, 2.24) is 5.32 Å². The maximum atomic E-state index is 10.2. The molecule has 1 aliphatic carbocycles. The summed E-state index contributed by atoms with van der Waals surface area (Å²) in [6, 6.07) is 3.92. The fourth-order valence-electron chi connectivity index (χ4n) is 3.43. The molecular weight excluding hydrogens is 250 g/mol. The van der Waals surface area contributed by atoms with E-state index in [0.717, 1.165) is 18.4 Å². The number of rotatable bonds is 5. The highest BCUT2D eigenvalue weighted by Crippen LogP contribution is 2.45. The van der Waals surface area contributed by atoms with Crippen molar-refractivity contribution in [2.75, 3.05) is 6.54 Å². The molecule has 1 aliphatic rings. The van der Waals surface area contributed by atoms with Crippen LogP contribution in [0.3, 0.4) is 0 Å². The van der Waals surface area contributed by atoms with Gasteiger partial charge in [-0.3, -0.25) is 0 Å². The van der Waals surface area contributed by atoms with Gasteiger partial charge in [0.2, 0.25) is 0 Å². The smallest absolute Gasteiger partial charge is 0.120 e. The summed E-state index contributed by atoms with van der Waals surface area (Å²) in [6.07, 6.45) is 1.48. The van der Waals surface area contributed by atoms with Crippen LogP contribution in [0.25, 0.3) is 0 Å². The van der Waals surface area contributed by atoms with Gasteiger partial charge in [0.1, 0.15) is 5.75 Å². The van der Waals surface area contributed by atoms with Crippen LogP contribution in [-0.4, -0.2) is 22.9 Å². The molecule has 3 nitrogen and oxygen atoms in total. The molecule has 3 atom stereocenters. The van der Waals surface area contributed by atoms with Gasteiger partial charge in [0.25, 0.3) is 0 Å². The maximum absolute atomic E-state index is 10.2. The Morgan fingerprint density at radius 2 is 2.00 bits per heavy atom. The van der Waals surface area contributed by atoms with Crippen molar-refractivity contribution >= 4 is 0 Å². The third-order valence-corrected chi connectivity index (χ3v) is 4.26. The number of hydrogen-bond acceptors (Lipinski definition) is 3. The van der Waals surface area contributed by atoms with E-state index in [1.54, 1.807) is 6.07 Å². The van der Waals surface area contributed by atoms with Gasteiger partial charge in [-0.1, -0.05) is 26.8 Å². The minimum absolute atomic E-state index is 0.154. The van der Waals surface area contributed by atoms with Crippen molar-refractivity contribution in [2.45, 2.75) is 58.6 Å². The van der Waals surface area contributed by atoms with Gasteiger partial charge in [0.15, 0.2) is 0 Å². The Morgan fingerprint density at radius 1 is 1.30 bits per heavy atom. The molecule has 0 radical (unpaired) electrons. The van der Waals surface area contributed by atoms with Crippen LogP contribution >= 0.6 is 0 Å². The minimum Gasteiger partial charge on any atom is -0.508 e. The molecule has 1 aromatic carbocycles. The first-order valence-electron chi connectivity index (χ1n) is 7.64. The highest BCUT2D eigenvalue weighted by Gasteiger charge is 2.32. The molecule has 0 heterocycles. The predicted molar refractivity (Wildman–Crippen MR) is 82.1 cm³/mol. The van der Waals surface area contributed by atoms with Crippen molar-refractivity contribution < 1.29 is 10.2 Å². The third-order valence-electron chi connectivity index (χ3n) is 4.26. The van der Waals surface area contributed by atoms with Gasteiger partial charge in [-0.25, -0.2) is 0 Å². The van der Waals surface area contributed by atoms with Crippen LogP contribution in [0.5, 0.6) is 5.75 Å². The van der Waals surface area contributed by atoms with E-state index in [2.05, 4.69) is 33.0 Å². The Morgan fingerprint density at radius 3 is 2.65 bits per heavy atom. The molecule has 3 unspecified atom stereocenters. The zero-order valence-electron chi connectivity index (χ0n) is 13.0.